The average molecular weight is 232 g/mol. The van der Waals surface area contributed by atoms with E-state index in [-0.39, 0.29) is 18.4 Å². The Morgan fingerprint density at radius 3 is 2.82 bits per heavy atom. The van der Waals surface area contributed by atoms with Crippen LogP contribution in [0.25, 0.3) is 0 Å². The van der Waals surface area contributed by atoms with Crippen LogP contribution in [-0.4, -0.2) is 16.9 Å². The van der Waals surface area contributed by atoms with Crippen molar-refractivity contribution in [3.8, 4) is 6.07 Å². The van der Waals surface area contributed by atoms with Crippen molar-refractivity contribution < 1.29 is 4.79 Å². The molecule has 0 aliphatic heterocycles. The van der Waals surface area contributed by atoms with Crippen LogP contribution in [0.3, 0.4) is 0 Å². The minimum Gasteiger partial charge on any atom is -0.370 e. The smallest absolute Gasteiger partial charge is 0.219 e. The molecule has 0 bridgehead atoms. The number of nitriles is 1. The molecular formula is C12H16N4O. The third-order valence-corrected chi connectivity index (χ3v) is 2.35. The average Bonchev–Trinajstić information content (AvgIpc) is 2.15. The number of hydrogen-bond donors (Lipinski definition) is 2. The quantitative estimate of drug-likeness (QED) is 0.817. The summed E-state index contributed by atoms with van der Waals surface area (Å²) in [6.45, 7) is 5.54. The lowest BCUT2D eigenvalue weighted by Gasteiger charge is -2.15. The minimum atomic E-state index is -0.382. The van der Waals surface area contributed by atoms with Gasteiger partial charge in [0, 0.05) is 18.2 Å². The highest BCUT2D eigenvalue weighted by Gasteiger charge is 2.12. The molecule has 1 unspecified atom stereocenters. The molecule has 1 aromatic heterocycles. The third-order valence-electron chi connectivity index (χ3n) is 2.35. The Kier molecular flexibility index (Phi) is 4.05. The van der Waals surface area contributed by atoms with E-state index in [1.807, 2.05) is 26.8 Å². The number of nitrogens with two attached hydrogens (primary N) is 1. The molecule has 5 heteroatoms. The highest BCUT2D eigenvalue weighted by Crippen LogP contribution is 2.18. The Bertz CT molecular complexity index is 476. The number of amides is 1. The highest BCUT2D eigenvalue weighted by atomic mass is 16.1. The zero-order chi connectivity index (χ0) is 13.0. The van der Waals surface area contributed by atoms with Gasteiger partial charge in [-0.3, -0.25) is 4.79 Å². The van der Waals surface area contributed by atoms with E-state index in [0.29, 0.717) is 11.4 Å². The Morgan fingerprint density at radius 2 is 2.29 bits per heavy atom. The summed E-state index contributed by atoms with van der Waals surface area (Å²) in [5, 5.41) is 12.1. The predicted octanol–water partition coefficient (Wildman–Crippen LogP) is 1.25. The van der Waals surface area contributed by atoms with Crippen molar-refractivity contribution in [1.29, 1.82) is 5.26 Å². The summed E-state index contributed by atoms with van der Waals surface area (Å²) in [6, 6.07) is 3.81. The number of carbonyl (C=O) groups excluding carboxylic acids is 1. The molecule has 1 amide bonds. The number of hydrogen-bond acceptors (Lipinski definition) is 4. The van der Waals surface area contributed by atoms with Crippen LogP contribution < -0.4 is 11.1 Å². The Morgan fingerprint density at radius 1 is 1.65 bits per heavy atom. The first-order chi connectivity index (χ1) is 7.93. The molecule has 1 heterocycles. The number of nitrogens with one attached hydrogen (secondary N) is 1. The first-order valence-electron chi connectivity index (χ1n) is 5.37. The van der Waals surface area contributed by atoms with Gasteiger partial charge in [-0.2, -0.15) is 5.26 Å². The molecule has 0 aliphatic carbocycles. The van der Waals surface area contributed by atoms with Crippen LogP contribution in [0.4, 0.5) is 5.82 Å². The van der Waals surface area contributed by atoms with Crippen LogP contribution in [0.15, 0.2) is 6.07 Å². The van der Waals surface area contributed by atoms with E-state index in [4.69, 9.17) is 11.0 Å². The van der Waals surface area contributed by atoms with Gasteiger partial charge < -0.3 is 11.1 Å². The van der Waals surface area contributed by atoms with E-state index in [2.05, 4.69) is 16.4 Å². The maximum Gasteiger partial charge on any atom is 0.219 e. The predicted molar refractivity (Wildman–Crippen MR) is 65.3 cm³/mol. The van der Waals surface area contributed by atoms with Gasteiger partial charge in [0.25, 0.3) is 0 Å². The molecule has 0 spiro atoms. The summed E-state index contributed by atoms with van der Waals surface area (Å²) < 4.78 is 0. The van der Waals surface area contributed by atoms with Gasteiger partial charge in [0.15, 0.2) is 0 Å². The van der Waals surface area contributed by atoms with E-state index in [9.17, 15) is 4.79 Å². The van der Waals surface area contributed by atoms with E-state index in [0.717, 1.165) is 11.3 Å². The van der Waals surface area contributed by atoms with E-state index in [1.165, 1.54) is 0 Å². The van der Waals surface area contributed by atoms with Crippen molar-refractivity contribution in [2.75, 3.05) is 5.32 Å². The largest absolute Gasteiger partial charge is 0.370 e. The van der Waals surface area contributed by atoms with Crippen LogP contribution >= 0.6 is 0 Å². The van der Waals surface area contributed by atoms with Crippen LogP contribution in [-0.2, 0) is 4.79 Å². The Labute approximate surface area is 101 Å². The number of aryl methyl sites for hydroxylation is 2. The summed E-state index contributed by atoms with van der Waals surface area (Å²) in [4.78, 5) is 15.1. The summed E-state index contributed by atoms with van der Waals surface area (Å²) >= 11 is 0. The Balaban J connectivity index is 2.98. The number of primary amides is 1. The van der Waals surface area contributed by atoms with Crippen molar-refractivity contribution in [2.45, 2.75) is 33.2 Å². The number of pyridine rings is 1. The number of rotatable bonds is 4. The molecule has 90 valence electrons. The van der Waals surface area contributed by atoms with E-state index >= 15 is 0 Å². The number of aromatic nitrogens is 1. The van der Waals surface area contributed by atoms with E-state index in [1.54, 1.807) is 0 Å². The van der Waals surface area contributed by atoms with Gasteiger partial charge in [-0.1, -0.05) is 0 Å². The summed E-state index contributed by atoms with van der Waals surface area (Å²) in [5.74, 6) is 0.131. The van der Waals surface area contributed by atoms with Crippen LogP contribution in [0.2, 0.25) is 0 Å². The summed E-state index contributed by atoms with van der Waals surface area (Å²) in [6.07, 6.45) is 0.208. The molecule has 0 saturated carbocycles. The van der Waals surface area contributed by atoms with Crippen LogP contribution in [0.1, 0.15) is 30.2 Å². The number of carbonyl (C=O) groups is 1. The van der Waals surface area contributed by atoms with Crippen molar-refractivity contribution in [1.82, 2.24) is 4.98 Å². The molecular weight excluding hydrogens is 216 g/mol. The zero-order valence-electron chi connectivity index (χ0n) is 10.2. The van der Waals surface area contributed by atoms with Gasteiger partial charge in [0.2, 0.25) is 5.91 Å². The lowest BCUT2D eigenvalue weighted by molar-refractivity contribution is -0.118. The second-order valence-electron chi connectivity index (χ2n) is 4.13. The molecule has 0 aliphatic rings. The van der Waals surface area contributed by atoms with Crippen molar-refractivity contribution in [3.05, 3.63) is 22.9 Å². The van der Waals surface area contributed by atoms with Crippen molar-refractivity contribution in [3.63, 3.8) is 0 Å². The third kappa shape index (κ3) is 3.45. The fraction of sp³-hybridized carbons (Fsp3) is 0.417. The lowest BCUT2D eigenvalue weighted by atomic mass is 10.1. The highest BCUT2D eigenvalue weighted by molar-refractivity contribution is 5.75. The molecule has 17 heavy (non-hydrogen) atoms. The van der Waals surface area contributed by atoms with Crippen LogP contribution in [0.5, 0.6) is 0 Å². The minimum absolute atomic E-state index is 0.145. The monoisotopic (exact) mass is 232 g/mol. The van der Waals surface area contributed by atoms with E-state index < -0.39 is 0 Å². The fourth-order valence-electron chi connectivity index (χ4n) is 1.67. The second-order valence-corrected chi connectivity index (χ2v) is 4.13. The molecule has 0 radical (unpaired) electrons. The van der Waals surface area contributed by atoms with Gasteiger partial charge in [-0.25, -0.2) is 4.98 Å². The molecule has 5 nitrogen and oxygen atoms in total. The lowest BCUT2D eigenvalue weighted by Crippen LogP contribution is -2.25. The van der Waals surface area contributed by atoms with Gasteiger partial charge in [0.05, 0.1) is 5.56 Å². The number of nitrogens with zero attached hydrogens (tertiary/aromatic N) is 2. The summed E-state index contributed by atoms with van der Waals surface area (Å²) in [5.41, 5.74) is 7.32. The maximum absolute atomic E-state index is 10.8. The van der Waals surface area contributed by atoms with Crippen molar-refractivity contribution in [2.24, 2.45) is 5.73 Å². The zero-order valence-corrected chi connectivity index (χ0v) is 10.2. The summed E-state index contributed by atoms with van der Waals surface area (Å²) in [7, 11) is 0. The molecule has 1 rings (SSSR count). The molecule has 0 saturated heterocycles. The SMILES string of the molecule is Cc1cc(C)c(C#N)c(NC(C)CC(N)=O)n1. The topological polar surface area (TPSA) is 91.8 Å². The fourth-order valence-corrected chi connectivity index (χ4v) is 1.67. The standard InChI is InChI=1S/C12H16N4O/c1-7-4-8(2)15-12(10(7)6-13)16-9(3)5-11(14)17/h4,9H,5H2,1-3H3,(H2,14,17)(H,15,16). The van der Waals surface area contributed by atoms with Crippen molar-refractivity contribution >= 4 is 11.7 Å². The molecule has 0 fully saturated rings. The first kappa shape index (κ1) is 13.0. The van der Waals surface area contributed by atoms with Crippen LogP contribution in [0, 0.1) is 25.2 Å². The van der Waals surface area contributed by atoms with Gasteiger partial charge in [0.1, 0.15) is 11.9 Å². The maximum atomic E-state index is 10.8. The second kappa shape index (κ2) is 5.30. The van der Waals surface area contributed by atoms with Gasteiger partial charge in [-0.15, -0.1) is 0 Å². The number of anilines is 1. The molecule has 1 atom stereocenters. The Hall–Kier alpha value is -2.09. The van der Waals surface area contributed by atoms with Gasteiger partial charge >= 0.3 is 0 Å². The molecule has 3 N–H and O–H groups in total. The molecule has 1 aromatic rings. The molecule has 0 aromatic carbocycles. The first-order valence-corrected chi connectivity index (χ1v) is 5.37. The normalized spacial score (nSPS) is 11.6. The van der Waals surface area contributed by atoms with Gasteiger partial charge in [-0.05, 0) is 32.4 Å².